The molecular formula is C30H33ClN2O4. The van der Waals surface area contributed by atoms with E-state index in [0.717, 1.165) is 36.8 Å². The molecule has 1 atom stereocenters. The Kier molecular flexibility index (Phi) is 9.44. The zero-order valence-electron chi connectivity index (χ0n) is 21.1. The maximum Gasteiger partial charge on any atom is 0.261 e. The van der Waals surface area contributed by atoms with Gasteiger partial charge < -0.3 is 19.7 Å². The second-order valence-electron chi connectivity index (χ2n) is 9.31. The molecule has 0 spiro atoms. The van der Waals surface area contributed by atoms with Crippen LogP contribution in [0.15, 0.2) is 78.9 Å². The summed E-state index contributed by atoms with van der Waals surface area (Å²) in [6.45, 7) is 0.0375. The fourth-order valence-electron chi connectivity index (χ4n) is 4.65. The summed E-state index contributed by atoms with van der Waals surface area (Å²) in [5, 5.41) is 3.78. The summed E-state index contributed by atoms with van der Waals surface area (Å²) in [6.07, 6.45) is 4.54. The molecule has 0 saturated heterocycles. The van der Waals surface area contributed by atoms with Crippen LogP contribution in [-0.4, -0.2) is 42.5 Å². The van der Waals surface area contributed by atoms with Crippen molar-refractivity contribution in [2.45, 2.75) is 50.7 Å². The third-order valence-corrected chi connectivity index (χ3v) is 6.87. The molecule has 1 fully saturated rings. The number of nitrogens with zero attached hydrogens (tertiary/aromatic N) is 1. The van der Waals surface area contributed by atoms with Crippen molar-refractivity contribution in [1.82, 2.24) is 10.2 Å². The van der Waals surface area contributed by atoms with Crippen LogP contribution >= 0.6 is 11.6 Å². The Hall–Kier alpha value is -3.51. The molecule has 1 N–H and O–H groups in total. The van der Waals surface area contributed by atoms with Gasteiger partial charge in [-0.1, -0.05) is 66.9 Å². The van der Waals surface area contributed by atoms with Crippen LogP contribution in [0.25, 0.3) is 0 Å². The van der Waals surface area contributed by atoms with Gasteiger partial charge in [-0.2, -0.15) is 0 Å². The van der Waals surface area contributed by atoms with Crippen LogP contribution in [0.1, 0.15) is 36.8 Å². The first kappa shape index (κ1) is 26.6. The summed E-state index contributed by atoms with van der Waals surface area (Å²) < 4.78 is 11.0. The van der Waals surface area contributed by atoms with E-state index in [2.05, 4.69) is 5.32 Å². The molecule has 194 valence electrons. The fourth-order valence-corrected chi connectivity index (χ4v) is 4.87. The van der Waals surface area contributed by atoms with Crippen LogP contribution in [0.3, 0.4) is 0 Å². The van der Waals surface area contributed by atoms with Gasteiger partial charge in [0, 0.05) is 24.0 Å². The van der Waals surface area contributed by atoms with E-state index in [1.54, 1.807) is 42.3 Å². The molecule has 3 aromatic carbocycles. The van der Waals surface area contributed by atoms with Gasteiger partial charge in [-0.25, -0.2) is 0 Å². The van der Waals surface area contributed by atoms with Crippen LogP contribution in [0.2, 0.25) is 5.02 Å². The number of rotatable bonds is 11. The van der Waals surface area contributed by atoms with Gasteiger partial charge in [0.1, 0.15) is 17.5 Å². The third kappa shape index (κ3) is 7.73. The molecule has 7 heteroatoms. The van der Waals surface area contributed by atoms with E-state index in [9.17, 15) is 9.59 Å². The van der Waals surface area contributed by atoms with E-state index in [0.29, 0.717) is 22.9 Å². The minimum atomic E-state index is -0.700. The van der Waals surface area contributed by atoms with E-state index < -0.39 is 6.04 Å². The highest BCUT2D eigenvalue weighted by atomic mass is 35.5. The topological polar surface area (TPSA) is 67.9 Å². The standard InChI is InChI=1S/C30H33ClN2O4/c1-36-26-14-16-27(17-15-26)37-21-29(34)33(20-23-10-7-11-24(31)18-23)28(19-22-8-3-2-4-9-22)30(35)32-25-12-5-6-13-25/h2-4,7-11,14-18,25,28H,5-6,12-13,19-21H2,1H3,(H,32,35)/t28-/m0/s1. The predicted octanol–water partition coefficient (Wildman–Crippen LogP) is 5.43. The van der Waals surface area contributed by atoms with Gasteiger partial charge in [-0.05, 0) is 60.4 Å². The van der Waals surface area contributed by atoms with E-state index in [4.69, 9.17) is 21.1 Å². The Labute approximate surface area is 223 Å². The summed E-state index contributed by atoms with van der Waals surface area (Å²) in [4.78, 5) is 28.9. The highest BCUT2D eigenvalue weighted by molar-refractivity contribution is 6.30. The van der Waals surface area contributed by atoms with E-state index >= 15 is 0 Å². The van der Waals surface area contributed by atoms with Gasteiger partial charge in [0.05, 0.1) is 7.11 Å². The number of ether oxygens (including phenoxy) is 2. The molecule has 37 heavy (non-hydrogen) atoms. The normalized spacial score (nSPS) is 14.1. The number of amides is 2. The van der Waals surface area contributed by atoms with Crippen molar-refractivity contribution >= 4 is 23.4 Å². The van der Waals surface area contributed by atoms with Crippen molar-refractivity contribution in [3.8, 4) is 11.5 Å². The molecule has 3 aromatic rings. The number of benzene rings is 3. The second kappa shape index (κ2) is 13.2. The van der Waals surface area contributed by atoms with Crippen LogP contribution in [0.5, 0.6) is 11.5 Å². The first-order chi connectivity index (χ1) is 18.0. The van der Waals surface area contributed by atoms with Gasteiger partial charge in [-0.3, -0.25) is 9.59 Å². The molecule has 4 rings (SSSR count). The zero-order chi connectivity index (χ0) is 26.0. The molecule has 2 amide bonds. The highest BCUT2D eigenvalue weighted by Gasteiger charge is 2.32. The third-order valence-electron chi connectivity index (χ3n) is 6.64. The fraction of sp³-hybridized carbons (Fsp3) is 0.333. The average Bonchev–Trinajstić information content (AvgIpc) is 3.43. The molecule has 0 aromatic heterocycles. The van der Waals surface area contributed by atoms with Gasteiger partial charge in [-0.15, -0.1) is 0 Å². The lowest BCUT2D eigenvalue weighted by Crippen LogP contribution is -2.53. The van der Waals surface area contributed by atoms with E-state index in [1.807, 2.05) is 48.5 Å². The SMILES string of the molecule is COc1ccc(OCC(=O)N(Cc2cccc(Cl)c2)[C@@H](Cc2ccccc2)C(=O)NC2CCCC2)cc1. The number of carbonyl (C=O) groups is 2. The Balaban J connectivity index is 1.59. The maximum atomic E-state index is 13.7. The summed E-state index contributed by atoms with van der Waals surface area (Å²) in [6, 6.07) is 23.6. The molecule has 1 aliphatic carbocycles. The van der Waals surface area contributed by atoms with E-state index in [1.165, 1.54) is 0 Å². The molecule has 0 heterocycles. The van der Waals surface area contributed by atoms with Crippen LogP contribution in [-0.2, 0) is 22.6 Å². The summed E-state index contributed by atoms with van der Waals surface area (Å²) in [5.41, 5.74) is 1.83. The van der Waals surface area contributed by atoms with Crippen molar-refractivity contribution in [2.24, 2.45) is 0 Å². The van der Waals surface area contributed by atoms with Crippen molar-refractivity contribution in [2.75, 3.05) is 13.7 Å². The molecule has 1 aliphatic rings. The van der Waals surface area contributed by atoms with E-state index in [-0.39, 0.29) is 31.0 Å². The maximum absolute atomic E-state index is 13.7. The first-order valence-corrected chi connectivity index (χ1v) is 13.0. The zero-order valence-corrected chi connectivity index (χ0v) is 21.8. The molecule has 0 aliphatic heterocycles. The Morgan fingerprint density at radius 3 is 2.30 bits per heavy atom. The number of halogens is 1. The van der Waals surface area contributed by atoms with Gasteiger partial charge in [0.2, 0.25) is 5.91 Å². The lowest BCUT2D eigenvalue weighted by molar-refractivity contribution is -0.143. The number of nitrogens with one attached hydrogen (secondary N) is 1. The average molecular weight is 521 g/mol. The Morgan fingerprint density at radius 2 is 1.62 bits per heavy atom. The molecule has 0 unspecified atom stereocenters. The largest absolute Gasteiger partial charge is 0.497 e. The number of carbonyl (C=O) groups excluding carboxylic acids is 2. The predicted molar refractivity (Wildman–Crippen MR) is 145 cm³/mol. The minimum absolute atomic E-state index is 0.143. The smallest absolute Gasteiger partial charge is 0.261 e. The van der Waals surface area contributed by atoms with Crippen LogP contribution in [0.4, 0.5) is 0 Å². The second-order valence-corrected chi connectivity index (χ2v) is 9.75. The molecular weight excluding hydrogens is 488 g/mol. The molecule has 0 bridgehead atoms. The molecule has 0 radical (unpaired) electrons. The first-order valence-electron chi connectivity index (χ1n) is 12.7. The monoisotopic (exact) mass is 520 g/mol. The summed E-state index contributed by atoms with van der Waals surface area (Å²) in [7, 11) is 1.59. The number of hydrogen-bond donors (Lipinski definition) is 1. The number of hydrogen-bond acceptors (Lipinski definition) is 4. The highest BCUT2D eigenvalue weighted by Crippen LogP contribution is 2.22. The summed E-state index contributed by atoms with van der Waals surface area (Å²) >= 11 is 6.24. The van der Waals surface area contributed by atoms with Crippen molar-refractivity contribution in [3.05, 3.63) is 95.0 Å². The van der Waals surface area contributed by atoms with Crippen molar-refractivity contribution < 1.29 is 19.1 Å². The van der Waals surface area contributed by atoms with Crippen LogP contribution < -0.4 is 14.8 Å². The lowest BCUT2D eigenvalue weighted by atomic mass is 10.0. The lowest BCUT2D eigenvalue weighted by Gasteiger charge is -2.32. The molecule has 1 saturated carbocycles. The Bertz CT molecular complexity index is 1160. The minimum Gasteiger partial charge on any atom is -0.497 e. The van der Waals surface area contributed by atoms with Gasteiger partial charge >= 0.3 is 0 Å². The summed E-state index contributed by atoms with van der Waals surface area (Å²) in [5.74, 6) is 0.827. The van der Waals surface area contributed by atoms with Gasteiger partial charge in [0.15, 0.2) is 6.61 Å². The van der Waals surface area contributed by atoms with Gasteiger partial charge in [0.25, 0.3) is 5.91 Å². The van der Waals surface area contributed by atoms with Crippen LogP contribution in [0, 0.1) is 0 Å². The number of methoxy groups -OCH3 is 1. The Morgan fingerprint density at radius 1 is 0.946 bits per heavy atom. The quantitative estimate of drug-likeness (QED) is 0.366. The molecule has 6 nitrogen and oxygen atoms in total. The van der Waals surface area contributed by atoms with Crippen molar-refractivity contribution in [1.29, 1.82) is 0 Å². The van der Waals surface area contributed by atoms with Crippen molar-refractivity contribution in [3.63, 3.8) is 0 Å².